The van der Waals surface area contributed by atoms with Crippen molar-refractivity contribution >= 4 is 47.1 Å². The Kier molecular flexibility index (Phi) is 5.48. The van der Waals surface area contributed by atoms with Gasteiger partial charge in [0.05, 0.1) is 18.1 Å². The van der Waals surface area contributed by atoms with Crippen LogP contribution in [-0.2, 0) is 24.6 Å². The van der Waals surface area contributed by atoms with Crippen molar-refractivity contribution in [3.63, 3.8) is 0 Å². The summed E-state index contributed by atoms with van der Waals surface area (Å²) in [5.41, 5.74) is 0. The molecule has 1 aliphatic rings. The van der Waals surface area contributed by atoms with Crippen molar-refractivity contribution in [2.45, 2.75) is 16.7 Å². The average Bonchev–Trinajstić information content (AvgIpc) is 2.96. The number of ether oxygens (including phenoxy) is 1. The van der Waals surface area contributed by atoms with E-state index < -0.39 is 25.9 Å². The van der Waals surface area contributed by atoms with Crippen molar-refractivity contribution in [3.05, 3.63) is 15.9 Å². The summed E-state index contributed by atoms with van der Waals surface area (Å²) in [5, 5.41) is 1.68. The zero-order chi connectivity index (χ0) is 15.7. The topological polar surface area (TPSA) is 80.8 Å². The summed E-state index contributed by atoms with van der Waals surface area (Å²) in [6, 6.07) is 1.14. The van der Waals surface area contributed by atoms with Crippen LogP contribution in [0.15, 0.2) is 20.1 Å². The molecule has 0 radical (unpaired) electrons. The molecule has 0 aromatic carbocycles. The Morgan fingerprint density at radius 1 is 1.52 bits per heavy atom. The van der Waals surface area contributed by atoms with Gasteiger partial charge in [-0.05, 0) is 33.8 Å². The first kappa shape index (κ1) is 17.4. The number of hydrogen-bond donors (Lipinski definition) is 0. The molecule has 1 fully saturated rings. The maximum absolute atomic E-state index is 12.8. The van der Waals surface area contributed by atoms with E-state index in [9.17, 15) is 16.8 Å². The smallest absolute Gasteiger partial charge is 0.254 e. The zero-order valence-electron chi connectivity index (χ0n) is 11.4. The molecule has 1 unspecified atom stereocenters. The molecule has 0 bridgehead atoms. The number of nitrogens with zero attached hydrogens (tertiary/aromatic N) is 1. The van der Waals surface area contributed by atoms with Crippen LogP contribution in [0.2, 0.25) is 0 Å². The predicted molar refractivity (Wildman–Crippen MR) is 84.8 cm³/mol. The summed E-state index contributed by atoms with van der Waals surface area (Å²) in [6.45, 7) is 0.363. The second-order valence-electron chi connectivity index (χ2n) is 4.72. The van der Waals surface area contributed by atoms with Crippen molar-refractivity contribution in [2.75, 3.05) is 31.8 Å². The van der Waals surface area contributed by atoms with Gasteiger partial charge in [0, 0.05) is 24.2 Å². The Balaban J connectivity index is 2.34. The Morgan fingerprint density at radius 3 is 2.71 bits per heavy atom. The van der Waals surface area contributed by atoms with E-state index in [4.69, 9.17) is 4.74 Å². The van der Waals surface area contributed by atoms with Crippen LogP contribution in [0.1, 0.15) is 6.42 Å². The van der Waals surface area contributed by atoms with E-state index in [0.717, 1.165) is 11.3 Å². The number of thiophene rings is 1. The van der Waals surface area contributed by atoms with E-state index in [1.165, 1.54) is 11.4 Å². The Labute approximate surface area is 137 Å². The Bertz CT molecular complexity index is 697. The van der Waals surface area contributed by atoms with Crippen molar-refractivity contribution in [1.29, 1.82) is 0 Å². The molecular weight excluding hydrogens is 402 g/mol. The zero-order valence-corrected chi connectivity index (χ0v) is 15.4. The van der Waals surface area contributed by atoms with Gasteiger partial charge in [0.15, 0.2) is 9.84 Å². The Morgan fingerprint density at radius 2 is 2.24 bits per heavy atom. The number of halogens is 1. The first-order chi connectivity index (χ1) is 9.78. The molecular formula is C11H16BrNO5S3. The number of sulfone groups is 1. The SMILES string of the molecule is COCCN(C1CCS(=O)(=O)C1)S(=O)(=O)c1sccc1Br. The fraction of sp³-hybridized carbons (Fsp3) is 0.636. The molecule has 0 spiro atoms. The normalized spacial score (nSPS) is 22.0. The molecule has 0 N–H and O–H groups in total. The van der Waals surface area contributed by atoms with Crippen LogP contribution < -0.4 is 0 Å². The van der Waals surface area contributed by atoms with Gasteiger partial charge in [0.1, 0.15) is 4.21 Å². The summed E-state index contributed by atoms with van der Waals surface area (Å²) in [7, 11) is -5.41. The summed E-state index contributed by atoms with van der Waals surface area (Å²) >= 11 is 4.33. The minimum atomic E-state index is -3.73. The summed E-state index contributed by atoms with van der Waals surface area (Å²) in [4.78, 5) is 0. The van der Waals surface area contributed by atoms with E-state index in [-0.39, 0.29) is 28.9 Å². The molecule has 120 valence electrons. The molecule has 0 amide bonds. The Hall–Kier alpha value is -0.000000000000000111. The van der Waals surface area contributed by atoms with Crippen LogP contribution in [-0.4, -0.2) is 58.9 Å². The fourth-order valence-corrected chi connectivity index (χ4v) is 8.14. The monoisotopic (exact) mass is 417 g/mol. The number of sulfonamides is 1. The maximum Gasteiger partial charge on any atom is 0.254 e. The number of hydrogen-bond acceptors (Lipinski definition) is 6. The second kappa shape index (κ2) is 6.63. The highest BCUT2D eigenvalue weighted by molar-refractivity contribution is 9.10. The maximum atomic E-state index is 12.8. The highest BCUT2D eigenvalue weighted by atomic mass is 79.9. The van der Waals surface area contributed by atoms with Gasteiger partial charge in [-0.25, -0.2) is 16.8 Å². The molecule has 1 saturated heterocycles. The number of rotatable bonds is 6. The predicted octanol–water partition coefficient (Wildman–Crippen LogP) is 1.33. The van der Waals surface area contributed by atoms with Crippen LogP contribution in [0.4, 0.5) is 0 Å². The molecule has 1 aliphatic heterocycles. The minimum Gasteiger partial charge on any atom is -0.383 e. The van der Waals surface area contributed by atoms with Gasteiger partial charge in [0.2, 0.25) is 0 Å². The van der Waals surface area contributed by atoms with E-state index in [0.29, 0.717) is 10.9 Å². The van der Waals surface area contributed by atoms with Crippen molar-refractivity contribution in [2.24, 2.45) is 0 Å². The first-order valence-electron chi connectivity index (χ1n) is 6.22. The van der Waals surface area contributed by atoms with Crippen LogP contribution >= 0.6 is 27.3 Å². The van der Waals surface area contributed by atoms with E-state index in [1.807, 2.05) is 0 Å². The van der Waals surface area contributed by atoms with Gasteiger partial charge in [0.25, 0.3) is 10.0 Å². The summed E-state index contributed by atoms with van der Waals surface area (Å²) < 4.78 is 55.7. The van der Waals surface area contributed by atoms with Crippen molar-refractivity contribution in [3.8, 4) is 0 Å². The van der Waals surface area contributed by atoms with Crippen LogP contribution in [0.5, 0.6) is 0 Å². The highest BCUT2D eigenvalue weighted by Crippen LogP contribution is 2.32. The lowest BCUT2D eigenvalue weighted by atomic mass is 10.3. The molecule has 10 heteroatoms. The molecule has 1 atom stereocenters. The third-order valence-corrected chi connectivity index (χ3v) is 9.61. The third-order valence-electron chi connectivity index (χ3n) is 3.26. The lowest BCUT2D eigenvalue weighted by molar-refractivity contribution is 0.169. The molecule has 6 nitrogen and oxygen atoms in total. The molecule has 2 rings (SSSR count). The van der Waals surface area contributed by atoms with Gasteiger partial charge in [-0.15, -0.1) is 11.3 Å². The fourth-order valence-electron chi connectivity index (χ4n) is 2.25. The molecule has 2 heterocycles. The van der Waals surface area contributed by atoms with Gasteiger partial charge in [-0.2, -0.15) is 4.31 Å². The van der Waals surface area contributed by atoms with Crippen LogP contribution in [0.3, 0.4) is 0 Å². The molecule has 1 aromatic heterocycles. The summed E-state index contributed by atoms with van der Waals surface area (Å²) in [6.07, 6.45) is 0.328. The number of methoxy groups -OCH3 is 1. The molecule has 0 saturated carbocycles. The van der Waals surface area contributed by atoms with Crippen molar-refractivity contribution < 1.29 is 21.6 Å². The quantitative estimate of drug-likeness (QED) is 0.697. The van der Waals surface area contributed by atoms with Crippen LogP contribution in [0.25, 0.3) is 0 Å². The lowest BCUT2D eigenvalue weighted by Gasteiger charge is -2.26. The largest absolute Gasteiger partial charge is 0.383 e. The third kappa shape index (κ3) is 3.85. The van der Waals surface area contributed by atoms with Gasteiger partial charge >= 0.3 is 0 Å². The van der Waals surface area contributed by atoms with Crippen molar-refractivity contribution in [1.82, 2.24) is 4.31 Å². The van der Waals surface area contributed by atoms with E-state index in [1.54, 1.807) is 11.4 Å². The van der Waals surface area contributed by atoms with Gasteiger partial charge < -0.3 is 4.74 Å². The second-order valence-corrected chi connectivity index (χ2v) is 10.8. The van der Waals surface area contributed by atoms with Crippen LogP contribution in [0, 0.1) is 0 Å². The average molecular weight is 418 g/mol. The lowest BCUT2D eigenvalue weighted by Crippen LogP contribution is -2.42. The summed E-state index contributed by atoms with van der Waals surface area (Å²) in [5.74, 6) is -0.0960. The molecule has 21 heavy (non-hydrogen) atoms. The van der Waals surface area contributed by atoms with E-state index >= 15 is 0 Å². The molecule has 1 aromatic rings. The minimum absolute atomic E-state index is 0.0300. The van der Waals surface area contributed by atoms with Gasteiger partial charge in [-0.1, -0.05) is 0 Å². The molecule has 0 aliphatic carbocycles. The van der Waals surface area contributed by atoms with Gasteiger partial charge in [-0.3, -0.25) is 0 Å². The highest BCUT2D eigenvalue weighted by Gasteiger charge is 2.39. The standard InChI is InChI=1S/C11H16BrNO5S3/c1-18-5-4-13(9-3-7-20(14,15)8-9)21(16,17)11-10(12)2-6-19-11/h2,6,9H,3-5,7-8H2,1H3. The first-order valence-corrected chi connectivity index (χ1v) is 11.2. The van der Waals surface area contributed by atoms with E-state index in [2.05, 4.69) is 15.9 Å².